The van der Waals surface area contributed by atoms with E-state index < -0.39 is 0 Å². The lowest BCUT2D eigenvalue weighted by atomic mass is 10.1. The van der Waals surface area contributed by atoms with Gasteiger partial charge < -0.3 is 20.1 Å². The number of nitrogens with zero attached hydrogens (tertiary/aromatic N) is 2. The highest BCUT2D eigenvalue weighted by Crippen LogP contribution is 2.21. The Morgan fingerprint density at radius 2 is 1.71 bits per heavy atom. The molecule has 0 aliphatic carbocycles. The predicted octanol–water partition coefficient (Wildman–Crippen LogP) is 3.48. The number of aryl methyl sites for hydroxylation is 1. The van der Waals surface area contributed by atoms with Crippen molar-refractivity contribution >= 4 is 5.96 Å². The molecule has 1 fully saturated rings. The van der Waals surface area contributed by atoms with Gasteiger partial charge in [0, 0.05) is 45.3 Å². The zero-order valence-electron chi connectivity index (χ0n) is 19.3. The number of guanidine groups is 1. The molecule has 0 aromatic heterocycles. The molecule has 3 rings (SSSR count). The van der Waals surface area contributed by atoms with Crippen LogP contribution < -0.4 is 15.4 Å². The van der Waals surface area contributed by atoms with Gasteiger partial charge in [-0.25, -0.2) is 0 Å². The summed E-state index contributed by atoms with van der Waals surface area (Å²) in [5, 5.41) is 6.79. The summed E-state index contributed by atoms with van der Waals surface area (Å²) >= 11 is 0. The van der Waals surface area contributed by atoms with E-state index in [9.17, 15) is 0 Å². The van der Waals surface area contributed by atoms with Crippen molar-refractivity contribution in [3.63, 3.8) is 0 Å². The van der Waals surface area contributed by atoms with Gasteiger partial charge in [0.1, 0.15) is 5.75 Å². The standard InChI is InChI=1S/C25H36N4O2/c1-19(2)31-24-15-20(3)5-10-23(24)17-28-25(26-4)27-16-21-6-8-22(9-7-21)18-29-11-13-30-14-12-29/h5-10,15,19H,11-14,16-18H2,1-4H3,(H2,26,27,28). The summed E-state index contributed by atoms with van der Waals surface area (Å²) in [5.74, 6) is 1.70. The normalized spacial score (nSPS) is 15.2. The van der Waals surface area contributed by atoms with E-state index >= 15 is 0 Å². The molecule has 0 atom stereocenters. The minimum atomic E-state index is 0.143. The molecule has 0 amide bonds. The van der Waals surface area contributed by atoms with E-state index in [1.165, 1.54) is 16.7 Å². The molecular weight excluding hydrogens is 388 g/mol. The topological polar surface area (TPSA) is 58.1 Å². The van der Waals surface area contributed by atoms with Crippen LogP contribution in [-0.4, -0.2) is 50.3 Å². The van der Waals surface area contributed by atoms with Crippen molar-refractivity contribution in [1.29, 1.82) is 0 Å². The van der Waals surface area contributed by atoms with Crippen LogP contribution in [0.1, 0.15) is 36.1 Å². The van der Waals surface area contributed by atoms with Crippen LogP contribution in [0.3, 0.4) is 0 Å². The zero-order valence-corrected chi connectivity index (χ0v) is 19.3. The second-order valence-corrected chi connectivity index (χ2v) is 8.26. The lowest BCUT2D eigenvalue weighted by Gasteiger charge is -2.26. The van der Waals surface area contributed by atoms with Crippen molar-refractivity contribution in [2.75, 3.05) is 33.4 Å². The second kappa shape index (κ2) is 11.7. The van der Waals surface area contributed by atoms with Gasteiger partial charge in [-0.1, -0.05) is 36.4 Å². The highest BCUT2D eigenvalue weighted by Gasteiger charge is 2.11. The van der Waals surface area contributed by atoms with E-state index in [2.05, 4.69) is 69.9 Å². The highest BCUT2D eigenvalue weighted by atomic mass is 16.5. The minimum Gasteiger partial charge on any atom is -0.491 e. The van der Waals surface area contributed by atoms with Crippen LogP contribution in [-0.2, 0) is 24.4 Å². The van der Waals surface area contributed by atoms with Gasteiger partial charge in [0.25, 0.3) is 0 Å². The Bertz CT molecular complexity index is 843. The third-order valence-electron chi connectivity index (χ3n) is 5.25. The number of hydrogen-bond acceptors (Lipinski definition) is 4. The van der Waals surface area contributed by atoms with E-state index in [1.54, 1.807) is 7.05 Å². The van der Waals surface area contributed by atoms with E-state index in [1.807, 2.05) is 13.8 Å². The van der Waals surface area contributed by atoms with Crippen molar-refractivity contribution in [1.82, 2.24) is 15.5 Å². The summed E-state index contributed by atoms with van der Waals surface area (Å²) in [5.41, 5.74) is 4.88. The number of aliphatic imine (C=N–C) groups is 1. The lowest BCUT2D eigenvalue weighted by Crippen LogP contribution is -2.36. The Morgan fingerprint density at radius 3 is 2.39 bits per heavy atom. The summed E-state index contributed by atoms with van der Waals surface area (Å²) in [6.07, 6.45) is 0.143. The largest absolute Gasteiger partial charge is 0.491 e. The van der Waals surface area contributed by atoms with Crippen LogP contribution in [0, 0.1) is 6.92 Å². The number of nitrogens with one attached hydrogen (secondary N) is 2. The minimum absolute atomic E-state index is 0.143. The number of ether oxygens (including phenoxy) is 2. The molecule has 0 unspecified atom stereocenters. The first kappa shape index (κ1) is 23.1. The van der Waals surface area contributed by atoms with Gasteiger partial charge in [0.05, 0.1) is 19.3 Å². The highest BCUT2D eigenvalue weighted by molar-refractivity contribution is 5.79. The molecule has 2 aromatic carbocycles. The maximum atomic E-state index is 5.98. The average Bonchev–Trinajstić information content (AvgIpc) is 2.76. The van der Waals surface area contributed by atoms with E-state index in [4.69, 9.17) is 9.47 Å². The molecule has 0 spiro atoms. The van der Waals surface area contributed by atoms with Gasteiger partial charge in [-0.05, 0) is 43.5 Å². The molecule has 1 aliphatic heterocycles. The lowest BCUT2D eigenvalue weighted by molar-refractivity contribution is 0.0342. The molecule has 0 radical (unpaired) electrons. The van der Waals surface area contributed by atoms with Gasteiger partial charge in [0.15, 0.2) is 5.96 Å². The molecule has 0 bridgehead atoms. The van der Waals surface area contributed by atoms with Crippen LogP contribution >= 0.6 is 0 Å². The van der Waals surface area contributed by atoms with E-state index in [0.717, 1.165) is 56.7 Å². The quantitative estimate of drug-likeness (QED) is 0.502. The van der Waals surface area contributed by atoms with Crippen LogP contribution in [0.4, 0.5) is 0 Å². The Morgan fingerprint density at radius 1 is 1.03 bits per heavy atom. The van der Waals surface area contributed by atoms with Crippen LogP contribution in [0.5, 0.6) is 5.75 Å². The Labute approximate surface area is 186 Å². The first-order valence-electron chi connectivity index (χ1n) is 11.1. The van der Waals surface area contributed by atoms with Crippen molar-refractivity contribution in [2.24, 2.45) is 4.99 Å². The molecule has 1 heterocycles. The van der Waals surface area contributed by atoms with Crippen LogP contribution in [0.25, 0.3) is 0 Å². The summed E-state index contributed by atoms with van der Waals surface area (Å²) in [7, 11) is 1.79. The fourth-order valence-corrected chi connectivity index (χ4v) is 3.54. The van der Waals surface area contributed by atoms with Crippen LogP contribution in [0.15, 0.2) is 47.5 Å². The first-order chi connectivity index (χ1) is 15.0. The van der Waals surface area contributed by atoms with Crippen molar-refractivity contribution in [2.45, 2.75) is 46.5 Å². The Hall–Kier alpha value is -2.57. The van der Waals surface area contributed by atoms with Crippen molar-refractivity contribution < 1.29 is 9.47 Å². The summed E-state index contributed by atoms with van der Waals surface area (Å²) in [4.78, 5) is 6.79. The molecule has 2 N–H and O–H groups in total. The third-order valence-corrected chi connectivity index (χ3v) is 5.25. The second-order valence-electron chi connectivity index (χ2n) is 8.26. The number of rotatable bonds is 8. The third kappa shape index (κ3) is 7.56. The maximum Gasteiger partial charge on any atom is 0.191 e. The molecule has 1 aliphatic rings. The fraction of sp³-hybridized carbons (Fsp3) is 0.480. The van der Waals surface area contributed by atoms with Crippen LogP contribution in [0.2, 0.25) is 0 Å². The molecule has 6 heteroatoms. The van der Waals surface area contributed by atoms with Gasteiger partial charge in [-0.3, -0.25) is 9.89 Å². The molecule has 6 nitrogen and oxygen atoms in total. The average molecular weight is 425 g/mol. The monoisotopic (exact) mass is 424 g/mol. The van der Waals surface area contributed by atoms with E-state index in [0.29, 0.717) is 6.54 Å². The van der Waals surface area contributed by atoms with Crippen molar-refractivity contribution in [3.05, 3.63) is 64.7 Å². The number of morpholine rings is 1. The maximum absolute atomic E-state index is 5.98. The van der Waals surface area contributed by atoms with Gasteiger partial charge in [-0.15, -0.1) is 0 Å². The fourth-order valence-electron chi connectivity index (χ4n) is 3.54. The Kier molecular flexibility index (Phi) is 8.74. The molecule has 0 saturated carbocycles. The molecule has 31 heavy (non-hydrogen) atoms. The van der Waals surface area contributed by atoms with E-state index in [-0.39, 0.29) is 6.10 Å². The first-order valence-corrected chi connectivity index (χ1v) is 11.1. The predicted molar refractivity (Wildman–Crippen MR) is 127 cm³/mol. The molecule has 1 saturated heterocycles. The summed E-state index contributed by atoms with van der Waals surface area (Å²) in [6, 6.07) is 15.1. The van der Waals surface area contributed by atoms with Gasteiger partial charge in [0.2, 0.25) is 0 Å². The molecule has 168 valence electrons. The SMILES string of the molecule is CN=C(NCc1ccc(CN2CCOCC2)cc1)NCc1ccc(C)cc1OC(C)C. The molecule has 2 aromatic rings. The van der Waals surface area contributed by atoms with Gasteiger partial charge in [-0.2, -0.15) is 0 Å². The smallest absolute Gasteiger partial charge is 0.191 e. The molecular formula is C25H36N4O2. The van der Waals surface area contributed by atoms with Gasteiger partial charge >= 0.3 is 0 Å². The Balaban J connectivity index is 1.49. The van der Waals surface area contributed by atoms with Crippen molar-refractivity contribution in [3.8, 4) is 5.75 Å². The number of benzene rings is 2. The summed E-state index contributed by atoms with van der Waals surface area (Å²) in [6.45, 7) is 12.2. The summed E-state index contributed by atoms with van der Waals surface area (Å²) < 4.78 is 11.4. The number of hydrogen-bond donors (Lipinski definition) is 2. The zero-order chi connectivity index (χ0) is 22.1.